The van der Waals surface area contributed by atoms with Crippen LogP contribution in [0.5, 0.6) is 5.75 Å². The Bertz CT molecular complexity index is 960. The molecule has 0 fully saturated rings. The van der Waals surface area contributed by atoms with Gasteiger partial charge >= 0.3 is 12.3 Å². The summed E-state index contributed by atoms with van der Waals surface area (Å²) in [6.07, 6.45) is -4.53. The monoisotopic (exact) mass is 397 g/mol. The number of hydrogen-bond acceptors (Lipinski definition) is 3. The van der Waals surface area contributed by atoms with E-state index in [0.717, 1.165) is 10.9 Å². The van der Waals surface area contributed by atoms with E-state index in [1.807, 2.05) is 12.1 Å². The summed E-state index contributed by atoms with van der Waals surface area (Å²) in [6.45, 7) is 0. The molecule has 0 radical (unpaired) electrons. The van der Waals surface area contributed by atoms with Crippen LogP contribution in [0.15, 0.2) is 54.6 Å². The smallest absolute Gasteiger partial charge is 0.481 e. The number of rotatable bonds is 5. The van der Waals surface area contributed by atoms with E-state index in [2.05, 4.69) is 9.72 Å². The van der Waals surface area contributed by atoms with Crippen molar-refractivity contribution in [1.82, 2.24) is 4.98 Å². The van der Waals surface area contributed by atoms with E-state index in [-0.39, 0.29) is 24.6 Å². The van der Waals surface area contributed by atoms with Gasteiger partial charge < -0.3 is 9.84 Å². The van der Waals surface area contributed by atoms with Gasteiger partial charge in [-0.25, -0.2) is 4.98 Å². The van der Waals surface area contributed by atoms with E-state index in [1.54, 1.807) is 24.3 Å². The summed E-state index contributed by atoms with van der Waals surface area (Å²) in [6, 6.07) is 14.5. The summed E-state index contributed by atoms with van der Waals surface area (Å²) in [5, 5.41) is 9.76. The predicted molar refractivity (Wildman–Crippen MR) is 97.1 cm³/mol. The number of nitrogens with zero attached hydrogens (tertiary/aromatic N) is 1. The average Bonchev–Trinajstić information content (AvgIpc) is 2.58. The van der Waals surface area contributed by atoms with Crippen LogP contribution in [0.3, 0.4) is 0 Å². The quantitative estimate of drug-likeness (QED) is 0.639. The van der Waals surface area contributed by atoms with Gasteiger partial charge in [-0.2, -0.15) is 0 Å². The summed E-state index contributed by atoms with van der Waals surface area (Å²) in [4.78, 5) is 15.4. The Morgan fingerprint density at radius 2 is 1.81 bits per heavy atom. The third-order valence-corrected chi connectivity index (χ3v) is 3.77. The fourth-order valence-corrected chi connectivity index (χ4v) is 2.70. The standard InChI is InChI=1S/C19H14F3NO3.ClH/c20-19(21,22)26-14-5-3-4-13(10-14)17-11-12(8-9-18(24)25)15-6-1-2-7-16(15)23-17;/h1-7,10-11H,8-9H2,(H,24,25);1H. The number of carboxylic acids is 1. The minimum Gasteiger partial charge on any atom is -0.481 e. The number of para-hydroxylation sites is 1. The van der Waals surface area contributed by atoms with E-state index < -0.39 is 12.3 Å². The molecule has 2 aromatic carbocycles. The highest BCUT2D eigenvalue weighted by Gasteiger charge is 2.31. The lowest BCUT2D eigenvalue weighted by molar-refractivity contribution is -0.274. The van der Waals surface area contributed by atoms with Gasteiger partial charge in [0.25, 0.3) is 0 Å². The second-order valence-corrected chi connectivity index (χ2v) is 5.65. The molecule has 142 valence electrons. The van der Waals surface area contributed by atoms with Gasteiger partial charge in [0.2, 0.25) is 0 Å². The molecule has 27 heavy (non-hydrogen) atoms. The molecule has 0 aliphatic carbocycles. The van der Waals surface area contributed by atoms with Crippen LogP contribution in [-0.4, -0.2) is 22.4 Å². The van der Waals surface area contributed by atoms with Crippen molar-refractivity contribution in [1.29, 1.82) is 0 Å². The Balaban J connectivity index is 0.00000261. The molecule has 1 aromatic heterocycles. The molecular formula is C19H15ClF3NO3. The highest BCUT2D eigenvalue weighted by molar-refractivity contribution is 5.86. The normalized spacial score (nSPS) is 11.1. The summed E-state index contributed by atoms with van der Waals surface area (Å²) in [7, 11) is 0. The van der Waals surface area contributed by atoms with Crippen molar-refractivity contribution in [3.8, 4) is 17.0 Å². The van der Waals surface area contributed by atoms with Crippen molar-refractivity contribution in [3.63, 3.8) is 0 Å². The van der Waals surface area contributed by atoms with Gasteiger partial charge in [0, 0.05) is 17.4 Å². The Labute approximate surface area is 159 Å². The molecule has 1 N–H and O–H groups in total. The topological polar surface area (TPSA) is 59.4 Å². The minimum absolute atomic E-state index is 0. The molecule has 0 unspecified atom stereocenters. The lowest BCUT2D eigenvalue weighted by atomic mass is 10.0. The third kappa shape index (κ3) is 5.34. The molecule has 0 spiro atoms. The molecule has 0 saturated carbocycles. The van der Waals surface area contributed by atoms with E-state index in [4.69, 9.17) is 5.11 Å². The molecule has 0 aliphatic heterocycles. The number of carboxylic acid groups (broad SMARTS) is 1. The maximum absolute atomic E-state index is 12.4. The molecule has 0 atom stereocenters. The van der Waals surface area contributed by atoms with Gasteiger partial charge in [-0.1, -0.05) is 30.3 Å². The van der Waals surface area contributed by atoms with Crippen LogP contribution in [0.4, 0.5) is 13.2 Å². The zero-order chi connectivity index (χ0) is 18.7. The molecule has 4 nitrogen and oxygen atoms in total. The number of aryl methyl sites for hydroxylation is 1. The Kier molecular flexibility index (Phi) is 6.28. The number of fused-ring (bicyclic) bond motifs is 1. The number of ether oxygens (including phenoxy) is 1. The van der Waals surface area contributed by atoms with Crippen molar-refractivity contribution in [2.24, 2.45) is 0 Å². The largest absolute Gasteiger partial charge is 0.573 e. The van der Waals surface area contributed by atoms with Crippen LogP contribution in [-0.2, 0) is 11.2 Å². The fraction of sp³-hybridized carbons (Fsp3) is 0.158. The number of benzene rings is 2. The first-order valence-electron chi connectivity index (χ1n) is 7.78. The van der Waals surface area contributed by atoms with Gasteiger partial charge in [0.05, 0.1) is 11.2 Å². The first-order valence-corrected chi connectivity index (χ1v) is 7.78. The lowest BCUT2D eigenvalue weighted by Gasteiger charge is -2.12. The van der Waals surface area contributed by atoms with Crippen LogP contribution in [0, 0.1) is 0 Å². The molecule has 3 aromatic rings. The van der Waals surface area contributed by atoms with Gasteiger partial charge in [-0.05, 0) is 36.2 Å². The number of aliphatic carboxylic acids is 1. The second kappa shape index (κ2) is 8.26. The van der Waals surface area contributed by atoms with Crippen molar-refractivity contribution < 1.29 is 27.8 Å². The van der Waals surface area contributed by atoms with Crippen molar-refractivity contribution in [3.05, 3.63) is 60.2 Å². The van der Waals surface area contributed by atoms with Crippen LogP contribution in [0.25, 0.3) is 22.2 Å². The summed E-state index contributed by atoms with van der Waals surface area (Å²) >= 11 is 0. The lowest BCUT2D eigenvalue weighted by Crippen LogP contribution is -2.17. The first kappa shape index (κ1) is 20.5. The van der Waals surface area contributed by atoms with E-state index in [1.165, 1.54) is 18.2 Å². The van der Waals surface area contributed by atoms with E-state index in [0.29, 0.717) is 23.2 Å². The van der Waals surface area contributed by atoms with Crippen LogP contribution in [0.2, 0.25) is 0 Å². The highest BCUT2D eigenvalue weighted by Crippen LogP contribution is 2.30. The molecule has 0 aliphatic rings. The highest BCUT2D eigenvalue weighted by atomic mass is 35.5. The molecule has 3 rings (SSSR count). The first-order chi connectivity index (χ1) is 12.3. The summed E-state index contributed by atoms with van der Waals surface area (Å²) in [5.41, 5.74) is 2.33. The second-order valence-electron chi connectivity index (χ2n) is 5.65. The number of carbonyl (C=O) groups is 1. The molecular weight excluding hydrogens is 383 g/mol. The molecule has 0 amide bonds. The number of hydrogen-bond donors (Lipinski definition) is 1. The minimum atomic E-state index is -4.78. The van der Waals surface area contributed by atoms with Crippen LogP contribution >= 0.6 is 12.4 Å². The van der Waals surface area contributed by atoms with E-state index >= 15 is 0 Å². The number of halogens is 4. The Morgan fingerprint density at radius 3 is 2.52 bits per heavy atom. The van der Waals surface area contributed by atoms with Crippen molar-refractivity contribution in [2.75, 3.05) is 0 Å². The van der Waals surface area contributed by atoms with Crippen molar-refractivity contribution >= 4 is 29.3 Å². The fourth-order valence-electron chi connectivity index (χ4n) is 2.70. The maximum atomic E-state index is 12.4. The number of alkyl halides is 3. The number of aromatic nitrogens is 1. The van der Waals surface area contributed by atoms with Gasteiger partial charge in [-0.15, -0.1) is 25.6 Å². The Hall–Kier alpha value is -2.80. The van der Waals surface area contributed by atoms with Gasteiger partial charge in [0.15, 0.2) is 0 Å². The SMILES string of the molecule is Cl.O=C(O)CCc1cc(-c2cccc(OC(F)(F)F)c2)nc2ccccc12. The maximum Gasteiger partial charge on any atom is 0.573 e. The molecule has 1 heterocycles. The predicted octanol–water partition coefficient (Wildman–Crippen LogP) is 5.24. The molecule has 0 bridgehead atoms. The average molecular weight is 398 g/mol. The molecule has 0 saturated heterocycles. The number of pyridine rings is 1. The van der Waals surface area contributed by atoms with Crippen LogP contribution < -0.4 is 4.74 Å². The summed E-state index contributed by atoms with van der Waals surface area (Å²) < 4.78 is 41.2. The van der Waals surface area contributed by atoms with Crippen LogP contribution in [0.1, 0.15) is 12.0 Å². The van der Waals surface area contributed by atoms with Crippen molar-refractivity contribution in [2.45, 2.75) is 19.2 Å². The Morgan fingerprint density at radius 1 is 1.07 bits per heavy atom. The van der Waals surface area contributed by atoms with Gasteiger partial charge in [0.1, 0.15) is 5.75 Å². The third-order valence-electron chi connectivity index (χ3n) is 3.77. The zero-order valence-electron chi connectivity index (χ0n) is 13.9. The van der Waals surface area contributed by atoms with Gasteiger partial charge in [-0.3, -0.25) is 4.79 Å². The van der Waals surface area contributed by atoms with E-state index in [9.17, 15) is 18.0 Å². The molecule has 8 heteroatoms. The zero-order valence-corrected chi connectivity index (χ0v) is 14.7. The summed E-state index contributed by atoms with van der Waals surface area (Å²) in [5.74, 6) is -1.26.